The Kier molecular flexibility index (Phi) is 5.92. The molecule has 1 heterocycles. The van der Waals surface area contributed by atoms with Gasteiger partial charge in [0.25, 0.3) is 0 Å². The van der Waals surface area contributed by atoms with E-state index in [4.69, 9.17) is 9.84 Å². The quantitative estimate of drug-likeness (QED) is 0.455. The van der Waals surface area contributed by atoms with Crippen LogP contribution in [0.3, 0.4) is 0 Å². The van der Waals surface area contributed by atoms with E-state index in [0.717, 1.165) is 40.6 Å². The van der Waals surface area contributed by atoms with E-state index in [9.17, 15) is 4.79 Å². The Bertz CT molecular complexity index is 1040. The number of carboxylic acids is 1. The zero-order chi connectivity index (χ0) is 23.3. The molecule has 34 heavy (non-hydrogen) atoms. The first-order valence-electron chi connectivity index (χ1n) is 12.8. The number of ether oxygens (including phenoxy) is 1. The lowest BCUT2D eigenvalue weighted by atomic mass is 9.48. The molecular weight excluding hydrogens is 460 g/mol. The molecule has 0 atom stereocenters. The minimum Gasteiger partial charge on any atom is -0.496 e. The van der Waals surface area contributed by atoms with Crippen molar-refractivity contribution < 1.29 is 14.6 Å². The highest BCUT2D eigenvalue weighted by atomic mass is 32.2. The van der Waals surface area contributed by atoms with Crippen LogP contribution in [-0.2, 0) is 20.7 Å². The lowest BCUT2D eigenvalue weighted by molar-refractivity contribution is -0.136. The Morgan fingerprint density at radius 3 is 2.09 bits per heavy atom. The summed E-state index contributed by atoms with van der Waals surface area (Å²) in [5.74, 6) is 5.28. The number of aryl methyl sites for hydroxylation is 1. The predicted octanol–water partition coefficient (Wildman–Crippen LogP) is 6.86. The molecule has 2 aromatic rings. The van der Waals surface area contributed by atoms with Gasteiger partial charge in [-0.3, -0.25) is 4.79 Å². The highest BCUT2D eigenvalue weighted by molar-refractivity contribution is 8.20. The molecule has 0 aromatic heterocycles. The molecule has 2 aromatic carbocycles. The van der Waals surface area contributed by atoms with Crippen LogP contribution < -0.4 is 4.74 Å². The van der Waals surface area contributed by atoms with Crippen molar-refractivity contribution in [3.63, 3.8) is 0 Å². The van der Waals surface area contributed by atoms with E-state index < -0.39 is 5.97 Å². The van der Waals surface area contributed by atoms with Gasteiger partial charge in [-0.1, -0.05) is 30.3 Å². The number of benzene rings is 2. The van der Waals surface area contributed by atoms with Crippen LogP contribution >= 0.6 is 23.5 Å². The fourth-order valence-corrected chi connectivity index (χ4v) is 11.1. The molecule has 3 nitrogen and oxygen atoms in total. The molecular formula is C29H34O3S2. The fraction of sp³-hybridized carbons (Fsp3) is 0.552. The Balaban J connectivity index is 1.39. The first-order chi connectivity index (χ1) is 16.5. The number of rotatable bonds is 7. The second-order valence-corrected chi connectivity index (χ2v) is 13.9. The van der Waals surface area contributed by atoms with Gasteiger partial charge in [0, 0.05) is 23.5 Å². The van der Waals surface area contributed by atoms with Gasteiger partial charge in [-0.05, 0) is 96.9 Å². The van der Waals surface area contributed by atoms with Crippen LogP contribution in [-0.4, -0.2) is 29.7 Å². The van der Waals surface area contributed by atoms with E-state index in [1.165, 1.54) is 49.7 Å². The molecule has 0 radical (unpaired) electrons. The number of thioether (sulfide) groups is 2. The fourth-order valence-electron chi connectivity index (χ4n) is 7.79. The third kappa shape index (κ3) is 3.87. The number of hydrogen-bond donors (Lipinski definition) is 1. The van der Waals surface area contributed by atoms with Crippen LogP contribution in [0, 0.1) is 17.8 Å². The van der Waals surface area contributed by atoms with Gasteiger partial charge >= 0.3 is 5.97 Å². The molecule has 5 heteroatoms. The molecule has 4 saturated carbocycles. The number of hydrogen-bond acceptors (Lipinski definition) is 4. The summed E-state index contributed by atoms with van der Waals surface area (Å²) in [5.41, 5.74) is 5.61. The average molecular weight is 495 g/mol. The maximum Gasteiger partial charge on any atom is 0.303 e. The highest BCUT2D eigenvalue weighted by Gasteiger charge is 2.52. The SMILES string of the molecule is COc1ccc(C23CC4CC(CC(C4)C2)C3)cc1C1(c2ccc(CCC(=O)O)cc2)SCCS1. The van der Waals surface area contributed by atoms with Crippen molar-refractivity contribution in [1.82, 2.24) is 0 Å². The second-order valence-electron chi connectivity index (χ2n) is 11.0. The third-order valence-corrected chi connectivity index (χ3v) is 12.4. The van der Waals surface area contributed by atoms with Crippen LogP contribution in [0.25, 0.3) is 0 Å². The molecule has 5 aliphatic rings. The van der Waals surface area contributed by atoms with Crippen molar-refractivity contribution in [2.24, 2.45) is 17.8 Å². The Hall–Kier alpha value is -1.59. The Morgan fingerprint density at radius 2 is 1.53 bits per heavy atom. The van der Waals surface area contributed by atoms with Crippen LogP contribution in [0.2, 0.25) is 0 Å². The van der Waals surface area contributed by atoms with Crippen LogP contribution in [0.1, 0.15) is 67.2 Å². The van der Waals surface area contributed by atoms with Crippen LogP contribution in [0.5, 0.6) is 5.75 Å². The minimum atomic E-state index is -0.742. The van der Waals surface area contributed by atoms with Crippen LogP contribution in [0.15, 0.2) is 42.5 Å². The summed E-state index contributed by atoms with van der Waals surface area (Å²) < 4.78 is 5.80. The molecule has 4 bridgehead atoms. The summed E-state index contributed by atoms with van der Waals surface area (Å²) in [6.07, 6.45) is 9.26. The molecule has 7 rings (SSSR count). The molecule has 5 fully saturated rings. The van der Waals surface area contributed by atoms with Gasteiger partial charge in [0.1, 0.15) is 9.83 Å². The van der Waals surface area contributed by atoms with Crippen molar-refractivity contribution in [3.8, 4) is 5.75 Å². The number of methoxy groups -OCH3 is 1. The van der Waals surface area contributed by atoms with Crippen molar-refractivity contribution in [3.05, 3.63) is 64.7 Å². The summed E-state index contributed by atoms with van der Waals surface area (Å²) in [7, 11) is 1.80. The van der Waals surface area contributed by atoms with Crippen molar-refractivity contribution in [1.29, 1.82) is 0 Å². The number of carbonyl (C=O) groups is 1. The summed E-state index contributed by atoms with van der Waals surface area (Å²) in [5, 5.41) is 9.04. The van der Waals surface area contributed by atoms with E-state index >= 15 is 0 Å². The lowest BCUT2D eigenvalue weighted by Gasteiger charge is -2.57. The Labute approximate surface area is 211 Å². The Morgan fingerprint density at radius 1 is 0.941 bits per heavy atom. The van der Waals surface area contributed by atoms with E-state index in [1.54, 1.807) is 12.7 Å². The van der Waals surface area contributed by atoms with E-state index in [1.807, 2.05) is 23.5 Å². The van der Waals surface area contributed by atoms with E-state index in [0.29, 0.717) is 11.8 Å². The van der Waals surface area contributed by atoms with E-state index in [-0.39, 0.29) is 10.5 Å². The molecule has 180 valence electrons. The minimum absolute atomic E-state index is 0.172. The normalized spacial score (nSPS) is 31.0. The van der Waals surface area contributed by atoms with Gasteiger partial charge in [0.2, 0.25) is 0 Å². The molecule has 0 amide bonds. The topological polar surface area (TPSA) is 46.5 Å². The summed E-state index contributed by atoms with van der Waals surface area (Å²) in [6, 6.07) is 15.8. The van der Waals surface area contributed by atoms with Gasteiger partial charge < -0.3 is 9.84 Å². The molecule has 1 N–H and O–H groups in total. The first-order valence-corrected chi connectivity index (χ1v) is 14.7. The largest absolute Gasteiger partial charge is 0.496 e. The average Bonchev–Trinajstić information content (AvgIpc) is 3.33. The van der Waals surface area contributed by atoms with Gasteiger partial charge in [0.15, 0.2) is 0 Å². The molecule has 1 saturated heterocycles. The summed E-state index contributed by atoms with van der Waals surface area (Å²) in [6.45, 7) is 0. The molecule has 0 spiro atoms. The summed E-state index contributed by atoms with van der Waals surface area (Å²) in [4.78, 5) is 11.0. The smallest absolute Gasteiger partial charge is 0.303 e. The van der Waals surface area contributed by atoms with Crippen molar-refractivity contribution in [2.45, 2.75) is 60.9 Å². The molecule has 0 unspecified atom stereocenters. The lowest BCUT2D eigenvalue weighted by Crippen LogP contribution is -2.48. The van der Waals surface area contributed by atoms with E-state index in [2.05, 4.69) is 42.5 Å². The monoisotopic (exact) mass is 494 g/mol. The van der Waals surface area contributed by atoms with Gasteiger partial charge in [-0.25, -0.2) is 0 Å². The van der Waals surface area contributed by atoms with Crippen molar-refractivity contribution >= 4 is 29.5 Å². The maximum absolute atomic E-state index is 11.0. The zero-order valence-electron chi connectivity index (χ0n) is 19.9. The van der Waals surface area contributed by atoms with Crippen LogP contribution in [0.4, 0.5) is 0 Å². The number of aliphatic carboxylic acids is 1. The van der Waals surface area contributed by atoms with Gasteiger partial charge in [-0.2, -0.15) is 0 Å². The first kappa shape index (κ1) is 22.8. The summed E-state index contributed by atoms with van der Waals surface area (Å²) >= 11 is 4.05. The van der Waals surface area contributed by atoms with Gasteiger partial charge in [-0.15, -0.1) is 23.5 Å². The van der Waals surface area contributed by atoms with Gasteiger partial charge in [0.05, 0.1) is 7.11 Å². The van der Waals surface area contributed by atoms with Crippen molar-refractivity contribution in [2.75, 3.05) is 18.6 Å². The molecule has 4 aliphatic carbocycles. The standard InChI is InChI=1S/C29H34O3S2/c1-32-26-8-7-24(28-16-20-12-21(17-28)14-22(13-20)18-28)15-25(26)29(33-10-11-34-29)23-5-2-19(3-6-23)4-9-27(30)31/h2-3,5-8,15,20-22H,4,9-14,16-18H2,1H3,(H,30,31). The second kappa shape index (κ2) is 8.81. The predicted molar refractivity (Wildman–Crippen MR) is 141 cm³/mol. The highest BCUT2D eigenvalue weighted by Crippen LogP contribution is 2.63. The zero-order valence-corrected chi connectivity index (χ0v) is 21.6. The third-order valence-electron chi connectivity index (χ3n) is 8.86. The maximum atomic E-state index is 11.0. The number of carboxylic acid groups (broad SMARTS) is 1. The molecule has 1 aliphatic heterocycles.